The lowest BCUT2D eigenvalue weighted by Crippen LogP contribution is -2.10. The van der Waals surface area contributed by atoms with E-state index in [1.165, 1.54) is 0 Å². The highest BCUT2D eigenvalue weighted by Crippen LogP contribution is 1.99. The third-order valence-corrected chi connectivity index (χ3v) is 2.36. The molecule has 0 aromatic rings. The van der Waals surface area contributed by atoms with Crippen LogP contribution in [-0.4, -0.2) is 21.7 Å². The molecule has 0 heterocycles. The van der Waals surface area contributed by atoms with Crippen LogP contribution in [0, 0.1) is 0 Å². The lowest BCUT2D eigenvalue weighted by Gasteiger charge is -1.94. The van der Waals surface area contributed by atoms with Crippen LogP contribution < -0.4 is 0 Å². The predicted octanol–water partition coefficient (Wildman–Crippen LogP) is -0.184. The van der Waals surface area contributed by atoms with Gasteiger partial charge in [-0.2, -0.15) is 12.6 Å². The number of nitrogens with zero attached hydrogens (tertiary/aromatic N) is 1. The largest absolute Gasteiger partial charge is 0.412 e. The van der Waals surface area contributed by atoms with Crippen LogP contribution in [0.1, 0.15) is 0 Å². The summed E-state index contributed by atoms with van der Waals surface area (Å²) in [5, 5.41) is 0. The van der Waals surface area contributed by atoms with Crippen molar-refractivity contribution in [2.45, 2.75) is 0 Å². The first kappa shape index (κ1) is 10.1. The Bertz CT molecular complexity index is 305. The molecular formula is H2ClNO6S2. The summed E-state index contributed by atoms with van der Waals surface area (Å²) in [4.78, 5) is 0. The van der Waals surface area contributed by atoms with Crippen molar-refractivity contribution in [1.82, 2.24) is 0 Å². The van der Waals surface area contributed by atoms with Crippen molar-refractivity contribution in [2.75, 3.05) is 0 Å². The van der Waals surface area contributed by atoms with Gasteiger partial charge >= 0.3 is 20.7 Å². The van der Waals surface area contributed by atoms with Crippen LogP contribution in [0.25, 0.3) is 0 Å². The zero-order chi connectivity index (χ0) is 8.41. The molecular weight excluding hydrogens is 210 g/mol. The van der Waals surface area contributed by atoms with Gasteiger partial charge in [0.25, 0.3) is 0 Å². The van der Waals surface area contributed by atoms with Crippen molar-refractivity contribution in [1.29, 1.82) is 0 Å². The molecule has 1 atom stereocenters. The summed E-state index contributed by atoms with van der Waals surface area (Å²) < 4.78 is 50.5. The molecule has 0 aliphatic rings. The first-order valence-corrected chi connectivity index (χ1v) is 4.65. The van der Waals surface area contributed by atoms with E-state index in [2.05, 4.69) is 19.3 Å². The minimum absolute atomic E-state index is 2.10. The molecule has 0 radical (unpaired) electrons. The molecule has 0 amide bonds. The molecule has 0 fully saturated rings. The van der Waals surface area contributed by atoms with Gasteiger partial charge in [-0.15, -0.1) is 3.63 Å². The van der Waals surface area contributed by atoms with Gasteiger partial charge in [0.05, 0.1) is 11.8 Å². The predicted molar refractivity (Wildman–Crippen MR) is 31.7 cm³/mol. The van der Waals surface area contributed by atoms with Crippen LogP contribution in [0.3, 0.4) is 0 Å². The summed E-state index contributed by atoms with van der Waals surface area (Å²) in [6.07, 6.45) is 0. The van der Waals surface area contributed by atoms with E-state index in [0.717, 1.165) is 0 Å². The summed E-state index contributed by atoms with van der Waals surface area (Å²) in [7, 11) is -9.47. The average Bonchev–Trinajstić information content (AvgIpc) is 1.60. The fraction of sp³-hybridized carbons (Fsp3) is 0. The van der Waals surface area contributed by atoms with Gasteiger partial charge in [0.2, 0.25) is 0 Å². The monoisotopic (exact) mass is 211 g/mol. The normalized spacial score (nSPS) is 17.9. The van der Waals surface area contributed by atoms with Crippen molar-refractivity contribution in [3.63, 3.8) is 0 Å². The van der Waals surface area contributed by atoms with Crippen molar-refractivity contribution in [3.05, 3.63) is 0 Å². The molecule has 0 saturated heterocycles. The summed E-state index contributed by atoms with van der Waals surface area (Å²) >= 11 is 4.40. The molecule has 62 valence electrons. The molecule has 0 aliphatic carbocycles. The highest BCUT2D eigenvalue weighted by molar-refractivity contribution is 7.95. The molecule has 10 heteroatoms. The van der Waals surface area contributed by atoms with E-state index < -0.39 is 20.7 Å². The fourth-order valence-corrected chi connectivity index (χ4v) is 1.32. The van der Waals surface area contributed by atoms with Crippen LogP contribution in [-0.2, 0) is 24.3 Å². The third kappa shape index (κ3) is 4.90. The van der Waals surface area contributed by atoms with Gasteiger partial charge in [0.15, 0.2) is 0 Å². The molecule has 7 nitrogen and oxygen atoms in total. The van der Waals surface area contributed by atoms with Gasteiger partial charge < -0.3 is 0 Å². The van der Waals surface area contributed by atoms with E-state index in [4.69, 9.17) is 9.11 Å². The maximum absolute atomic E-state index is 10.1. The van der Waals surface area contributed by atoms with Gasteiger partial charge in [0.1, 0.15) is 0 Å². The van der Waals surface area contributed by atoms with Crippen LogP contribution in [0.4, 0.5) is 0 Å². The van der Waals surface area contributed by atoms with Gasteiger partial charge in [0, 0.05) is 0 Å². The van der Waals surface area contributed by atoms with E-state index in [1.54, 1.807) is 0 Å². The van der Waals surface area contributed by atoms with Crippen molar-refractivity contribution < 1.29 is 25.4 Å². The summed E-state index contributed by atoms with van der Waals surface area (Å²) in [5.74, 6) is 0. The zero-order valence-corrected chi connectivity index (χ0v) is 6.56. The molecule has 2 N–H and O–H groups in total. The molecule has 0 spiro atoms. The number of hydrogen-bond acceptors (Lipinski definition) is 5. The van der Waals surface area contributed by atoms with Crippen molar-refractivity contribution >= 4 is 32.5 Å². The Hall–Kier alpha value is 0.0700. The Labute approximate surface area is 62.2 Å². The Morgan fingerprint density at radius 1 is 1.30 bits per heavy atom. The first-order valence-electron chi connectivity index (χ1n) is 1.55. The smallest absolute Gasteiger partial charge is 0.277 e. The van der Waals surface area contributed by atoms with Gasteiger partial charge in [-0.05, 0) is 0 Å². The molecule has 1 unspecified atom stereocenters. The highest BCUT2D eigenvalue weighted by Gasteiger charge is 2.14. The Kier molecular flexibility index (Phi) is 3.00. The first-order chi connectivity index (χ1) is 4.27. The molecule has 0 aliphatic heterocycles. The maximum Gasteiger partial charge on any atom is 0.412 e. The number of hydrogen-bond donors (Lipinski definition) is 2. The Balaban J connectivity index is 4.67. The third-order valence-electron chi connectivity index (χ3n) is 0.262. The highest BCUT2D eigenvalue weighted by atomic mass is 35.5. The molecule has 0 rings (SSSR count). The molecule has 0 bridgehead atoms. The molecule has 0 aromatic carbocycles. The topological polar surface area (TPSA) is 113 Å². The Morgan fingerprint density at radius 3 is 1.80 bits per heavy atom. The minimum atomic E-state index is -5.00. The standard InChI is InChI=1S/ClH2NO6S2/c1-2-9(3,4)8-10(5,6)7/h(H,2,3,4)(H,5,6,7). The maximum atomic E-state index is 10.1. The van der Waals surface area contributed by atoms with Crippen LogP contribution in [0.5, 0.6) is 0 Å². The lowest BCUT2D eigenvalue weighted by molar-refractivity contribution is 0.370. The van der Waals surface area contributed by atoms with Gasteiger partial charge in [-0.25, -0.2) is 0 Å². The van der Waals surface area contributed by atoms with E-state index in [0.29, 0.717) is 0 Å². The average molecular weight is 212 g/mol. The second-order valence-corrected chi connectivity index (χ2v) is 3.86. The molecule has 0 aromatic heterocycles. The van der Waals surface area contributed by atoms with E-state index in [1.807, 2.05) is 0 Å². The van der Waals surface area contributed by atoms with Crippen molar-refractivity contribution in [2.24, 2.45) is 3.88 Å². The summed E-state index contributed by atoms with van der Waals surface area (Å²) in [6.45, 7) is 0. The zero-order valence-electron chi connectivity index (χ0n) is 4.17. The Morgan fingerprint density at radius 2 is 1.70 bits per heavy atom. The van der Waals surface area contributed by atoms with E-state index >= 15 is 0 Å². The van der Waals surface area contributed by atoms with Crippen LogP contribution in [0.15, 0.2) is 3.88 Å². The second kappa shape index (κ2) is 2.98. The number of rotatable bonds is 2. The van der Waals surface area contributed by atoms with E-state index in [9.17, 15) is 12.6 Å². The van der Waals surface area contributed by atoms with Crippen molar-refractivity contribution in [3.8, 4) is 0 Å². The minimum Gasteiger partial charge on any atom is -0.277 e. The molecule has 10 heavy (non-hydrogen) atoms. The SMILES string of the molecule is O=S(=O)(O)OS(=O)(O)=NCl. The van der Waals surface area contributed by atoms with E-state index in [-0.39, 0.29) is 0 Å². The number of halogens is 1. The summed E-state index contributed by atoms with van der Waals surface area (Å²) in [5.41, 5.74) is 0. The summed E-state index contributed by atoms with van der Waals surface area (Å²) in [6, 6.07) is 0. The quantitative estimate of drug-likeness (QED) is 0.613. The van der Waals surface area contributed by atoms with Crippen LogP contribution in [0.2, 0.25) is 0 Å². The van der Waals surface area contributed by atoms with Gasteiger partial charge in [-0.1, -0.05) is 3.88 Å². The molecule has 0 saturated carbocycles. The lowest BCUT2D eigenvalue weighted by atomic mass is 13.9. The van der Waals surface area contributed by atoms with Gasteiger partial charge in [-0.3, -0.25) is 9.11 Å². The van der Waals surface area contributed by atoms with Crippen LogP contribution >= 0.6 is 11.8 Å². The fourth-order valence-electron chi connectivity index (χ4n) is 0.124. The second-order valence-electron chi connectivity index (χ2n) is 1.01.